The van der Waals surface area contributed by atoms with Crippen LogP contribution in [-0.2, 0) is 4.79 Å². The minimum atomic E-state index is -1.33. The molecule has 5 heteroatoms. The molecule has 0 aliphatic rings. The van der Waals surface area contributed by atoms with E-state index in [-0.39, 0.29) is 0 Å². The summed E-state index contributed by atoms with van der Waals surface area (Å²) in [5, 5.41) is 15.0. The van der Waals surface area contributed by atoms with Crippen LogP contribution < -0.4 is 5.73 Å². The first-order valence-corrected chi connectivity index (χ1v) is 2.34. The highest BCUT2D eigenvalue weighted by atomic mass is 16.4. The maximum absolute atomic E-state index is 9.51. The summed E-state index contributed by atoms with van der Waals surface area (Å²) in [6.07, 6.45) is 1.22. The maximum atomic E-state index is 9.51. The monoisotopic (exact) mass is 147 g/mol. The summed E-state index contributed by atoms with van der Waals surface area (Å²) < 4.78 is 0. The molecule has 0 saturated carbocycles. The summed E-state index contributed by atoms with van der Waals surface area (Å²) in [5.41, 5.74) is 4.03. The fourth-order valence-electron chi connectivity index (χ4n) is 0.143. The van der Waals surface area contributed by atoms with Gasteiger partial charge < -0.3 is 15.9 Å². The molecule has 0 aromatic carbocycles. The maximum Gasteiger partial charge on any atom is 0.402 e. The quantitative estimate of drug-likeness (QED) is 0.463. The van der Waals surface area contributed by atoms with E-state index in [2.05, 4.69) is 5.73 Å². The van der Waals surface area contributed by atoms with Crippen LogP contribution >= 0.6 is 0 Å². The summed E-state index contributed by atoms with van der Waals surface area (Å²) in [6.45, 7) is 1.66. The summed E-state index contributed by atoms with van der Waals surface area (Å²) in [4.78, 5) is 18.3. The molecule has 0 aromatic rings. The molecule has 0 spiro atoms. The van der Waals surface area contributed by atoms with E-state index in [0.717, 1.165) is 6.08 Å². The minimum absolute atomic E-state index is 0.891. The Morgan fingerprint density at radius 1 is 1.40 bits per heavy atom. The van der Waals surface area contributed by atoms with E-state index in [1.165, 1.54) is 6.08 Å². The van der Waals surface area contributed by atoms with Gasteiger partial charge in [-0.2, -0.15) is 0 Å². The topological polar surface area (TPSA) is 101 Å². The number of amides is 1. The third-order valence-electron chi connectivity index (χ3n) is 0.309. The van der Waals surface area contributed by atoms with E-state index >= 15 is 0 Å². The van der Waals surface area contributed by atoms with Gasteiger partial charge >= 0.3 is 12.1 Å². The van der Waals surface area contributed by atoms with Crippen molar-refractivity contribution in [2.24, 2.45) is 5.73 Å². The van der Waals surface area contributed by atoms with Crippen LogP contribution in [0.25, 0.3) is 0 Å². The molecule has 0 heterocycles. The first-order valence-electron chi connectivity index (χ1n) is 2.34. The van der Waals surface area contributed by atoms with E-state index < -0.39 is 12.1 Å². The van der Waals surface area contributed by atoms with Gasteiger partial charge in [0.05, 0.1) is 0 Å². The van der Waals surface area contributed by atoms with Gasteiger partial charge in [-0.3, -0.25) is 0 Å². The van der Waals surface area contributed by atoms with Crippen LogP contribution in [0.2, 0.25) is 0 Å². The van der Waals surface area contributed by atoms with Crippen molar-refractivity contribution in [3.63, 3.8) is 0 Å². The minimum Gasteiger partial charge on any atom is -0.478 e. The smallest absolute Gasteiger partial charge is 0.402 e. The molecule has 0 fully saturated rings. The van der Waals surface area contributed by atoms with Crippen LogP contribution in [-0.4, -0.2) is 22.3 Å². The van der Waals surface area contributed by atoms with Gasteiger partial charge in [0.1, 0.15) is 0 Å². The molecule has 0 unspecified atom stereocenters. The number of allylic oxidation sites excluding steroid dienone is 1. The number of hydrogen-bond donors (Lipinski definition) is 3. The zero-order valence-corrected chi connectivity index (χ0v) is 5.44. The summed E-state index contributed by atoms with van der Waals surface area (Å²) in [7, 11) is 0. The van der Waals surface area contributed by atoms with Crippen molar-refractivity contribution in [3.8, 4) is 0 Å². The fourth-order valence-corrected chi connectivity index (χ4v) is 0.143. The lowest BCUT2D eigenvalue weighted by Gasteiger charge is -1.68. The van der Waals surface area contributed by atoms with E-state index in [4.69, 9.17) is 15.0 Å². The predicted octanol–water partition coefficient (Wildman–Crippen LogP) is 0.270. The lowest BCUT2D eigenvalue weighted by atomic mass is 10.5. The van der Waals surface area contributed by atoms with E-state index in [1.54, 1.807) is 6.92 Å². The second-order valence-corrected chi connectivity index (χ2v) is 1.18. The Labute approximate surface area is 57.8 Å². The Hall–Kier alpha value is -1.52. The molecular formula is C5H9NO4. The van der Waals surface area contributed by atoms with Gasteiger partial charge in [-0.1, -0.05) is 6.08 Å². The Balaban J connectivity index is 0. The molecule has 10 heavy (non-hydrogen) atoms. The van der Waals surface area contributed by atoms with E-state index in [9.17, 15) is 4.79 Å². The number of carboxylic acid groups (broad SMARTS) is 2. The van der Waals surface area contributed by atoms with Crippen molar-refractivity contribution in [2.75, 3.05) is 0 Å². The molecule has 0 radical (unpaired) electrons. The van der Waals surface area contributed by atoms with Gasteiger partial charge in [-0.15, -0.1) is 0 Å². The Kier molecular flexibility index (Phi) is 8.45. The number of carbonyl (C=O) groups is 2. The lowest BCUT2D eigenvalue weighted by Crippen LogP contribution is -2.03. The highest BCUT2D eigenvalue weighted by Gasteiger charge is 1.76. The van der Waals surface area contributed by atoms with Crippen LogP contribution in [0.15, 0.2) is 12.2 Å². The number of primary amides is 1. The van der Waals surface area contributed by atoms with Crippen LogP contribution in [0.3, 0.4) is 0 Å². The lowest BCUT2D eigenvalue weighted by molar-refractivity contribution is -0.131. The largest absolute Gasteiger partial charge is 0.478 e. The van der Waals surface area contributed by atoms with Crippen molar-refractivity contribution in [2.45, 2.75) is 6.92 Å². The van der Waals surface area contributed by atoms with Gasteiger partial charge in [-0.05, 0) is 6.92 Å². The molecule has 0 rings (SSSR count). The molecule has 0 aliphatic carbocycles. The van der Waals surface area contributed by atoms with Crippen molar-refractivity contribution < 1.29 is 19.8 Å². The average molecular weight is 147 g/mol. The van der Waals surface area contributed by atoms with E-state index in [1.807, 2.05) is 0 Å². The average Bonchev–Trinajstić information content (AvgIpc) is 1.62. The number of nitrogens with two attached hydrogens (primary N) is 1. The van der Waals surface area contributed by atoms with Gasteiger partial charge in [0.25, 0.3) is 0 Å². The van der Waals surface area contributed by atoms with Crippen molar-refractivity contribution in [3.05, 3.63) is 12.2 Å². The van der Waals surface area contributed by atoms with Crippen LogP contribution in [0.5, 0.6) is 0 Å². The second kappa shape index (κ2) is 7.48. The molecule has 4 N–H and O–H groups in total. The van der Waals surface area contributed by atoms with Gasteiger partial charge in [0, 0.05) is 6.08 Å². The number of hydrogen-bond acceptors (Lipinski definition) is 2. The highest BCUT2D eigenvalue weighted by molar-refractivity contribution is 5.79. The molecule has 0 saturated heterocycles. The zero-order valence-electron chi connectivity index (χ0n) is 5.44. The van der Waals surface area contributed by atoms with Gasteiger partial charge in [0.15, 0.2) is 0 Å². The SMILES string of the molecule is CC=CC(=O)O.NC(=O)O. The van der Waals surface area contributed by atoms with Crippen molar-refractivity contribution >= 4 is 12.1 Å². The van der Waals surface area contributed by atoms with Crippen LogP contribution in [0, 0.1) is 0 Å². The molecule has 0 aliphatic heterocycles. The third-order valence-corrected chi connectivity index (χ3v) is 0.309. The standard InChI is InChI=1S/C4H6O2.CH3NO2/c1-2-3-4(5)6;2-1(3)4/h2-3H,1H3,(H,5,6);2H2,(H,3,4). The molecular weight excluding hydrogens is 138 g/mol. The van der Waals surface area contributed by atoms with Crippen molar-refractivity contribution in [1.82, 2.24) is 0 Å². The summed E-state index contributed by atoms with van der Waals surface area (Å²) >= 11 is 0. The van der Waals surface area contributed by atoms with Gasteiger partial charge in [0.2, 0.25) is 0 Å². The van der Waals surface area contributed by atoms with Crippen molar-refractivity contribution in [1.29, 1.82) is 0 Å². The normalized spacial score (nSPS) is 8.10. The second-order valence-electron chi connectivity index (χ2n) is 1.18. The Morgan fingerprint density at radius 3 is 1.70 bits per heavy atom. The molecule has 58 valence electrons. The molecule has 5 nitrogen and oxygen atoms in total. The fraction of sp³-hybridized carbons (Fsp3) is 0.200. The Bertz CT molecular complexity index is 137. The first kappa shape index (κ1) is 11.3. The third kappa shape index (κ3) is 88.8. The van der Waals surface area contributed by atoms with E-state index in [0.29, 0.717) is 0 Å². The first-order chi connectivity index (χ1) is 4.50. The summed E-state index contributed by atoms with van der Waals surface area (Å²) in [5.74, 6) is -0.891. The molecule has 0 atom stereocenters. The van der Waals surface area contributed by atoms with Gasteiger partial charge in [-0.25, -0.2) is 9.59 Å². The zero-order chi connectivity index (χ0) is 8.57. The number of carboxylic acids is 1. The molecule has 0 bridgehead atoms. The molecule has 0 aromatic heterocycles. The molecule has 1 amide bonds. The van der Waals surface area contributed by atoms with Crippen LogP contribution in [0.4, 0.5) is 4.79 Å². The van der Waals surface area contributed by atoms with Crippen LogP contribution in [0.1, 0.15) is 6.92 Å². The highest BCUT2D eigenvalue weighted by Crippen LogP contribution is 1.65. The predicted molar refractivity (Wildman–Crippen MR) is 34.7 cm³/mol. The number of aliphatic carboxylic acids is 1. The Morgan fingerprint density at radius 2 is 1.70 bits per heavy atom. The number of rotatable bonds is 1. The summed E-state index contributed by atoms with van der Waals surface area (Å²) in [6, 6.07) is 0.